The van der Waals surface area contributed by atoms with Gasteiger partial charge >= 0.3 is 0 Å². The highest BCUT2D eigenvalue weighted by atomic mass is 14.9. The molecule has 2 aromatic heterocycles. The van der Waals surface area contributed by atoms with E-state index >= 15 is 0 Å². The largest absolute Gasteiger partial charge is 0.378 e. The fourth-order valence-corrected chi connectivity index (χ4v) is 1.20. The van der Waals surface area contributed by atoms with Crippen molar-refractivity contribution in [2.75, 3.05) is 5.32 Å². The first-order valence-electron chi connectivity index (χ1n) is 4.75. The second-order valence-corrected chi connectivity index (χ2v) is 3.29. The summed E-state index contributed by atoms with van der Waals surface area (Å²) in [7, 11) is 0. The SMILES string of the molecule is Cc1ccc(CNc2cncnc2)cn1. The first kappa shape index (κ1) is 9.58. The van der Waals surface area contributed by atoms with Crippen LogP contribution in [0.25, 0.3) is 0 Å². The molecule has 0 aliphatic heterocycles. The van der Waals surface area contributed by atoms with Gasteiger partial charge in [0.2, 0.25) is 0 Å². The average molecular weight is 200 g/mol. The molecule has 1 N–H and O–H groups in total. The van der Waals surface area contributed by atoms with E-state index in [0.717, 1.165) is 23.5 Å². The summed E-state index contributed by atoms with van der Waals surface area (Å²) in [6.07, 6.45) is 6.87. The maximum atomic E-state index is 4.22. The normalized spacial score (nSPS) is 9.93. The molecule has 76 valence electrons. The minimum absolute atomic E-state index is 0.737. The van der Waals surface area contributed by atoms with Gasteiger partial charge in [-0.2, -0.15) is 0 Å². The predicted molar refractivity (Wildman–Crippen MR) is 58.3 cm³/mol. The monoisotopic (exact) mass is 200 g/mol. The second kappa shape index (κ2) is 4.50. The molecule has 0 saturated heterocycles. The van der Waals surface area contributed by atoms with Crippen molar-refractivity contribution in [1.29, 1.82) is 0 Å². The van der Waals surface area contributed by atoms with Crippen LogP contribution in [0.15, 0.2) is 37.1 Å². The lowest BCUT2D eigenvalue weighted by atomic mass is 10.2. The minimum atomic E-state index is 0.737. The Bertz CT molecular complexity index is 410. The number of pyridine rings is 1. The van der Waals surface area contributed by atoms with E-state index < -0.39 is 0 Å². The number of nitrogens with one attached hydrogen (secondary N) is 1. The molecular weight excluding hydrogens is 188 g/mol. The standard InChI is InChI=1S/C11H12N4/c1-9-2-3-10(4-14-9)5-15-11-6-12-8-13-7-11/h2-4,6-8,15H,5H2,1H3. The summed E-state index contributed by atoms with van der Waals surface area (Å²) in [5.41, 5.74) is 3.09. The quantitative estimate of drug-likeness (QED) is 0.820. The van der Waals surface area contributed by atoms with E-state index in [4.69, 9.17) is 0 Å². The molecule has 15 heavy (non-hydrogen) atoms. The Morgan fingerprint density at radius 3 is 2.60 bits per heavy atom. The molecule has 4 nitrogen and oxygen atoms in total. The van der Waals surface area contributed by atoms with Gasteiger partial charge < -0.3 is 5.32 Å². The third-order valence-corrected chi connectivity index (χ3v) is 2.03. The minimum Gasteiger partial charge on any atom is -0.378 e. The van der Waals surface area contributed by atoms with Crippen molar-refractivity contribution in [3.05, 3.63) is 48.3 Å². The molecule has 4 heteroatoms. The Labute approximate surface area is 88.4 Å². The van der Waals surface area contributed by atoms with Crippen LogP contribution in [0.4, 0.5) is 5.69 Å². The zero-order valence-electron chi connectivity index (χ0n) is 8.51. The Balaban J connectivity index is 1.96. The summed E-state index contributed by atoms with van der Waals surface area (Å²) < 4.78 is 0. The Kier molecular flexibility index (Phi) is 2.88. The number of nitrogens with zero attached hydrogens (tertiary/aromatic N) is 3. The van der Waals surface area contributed by atoms with E-state index in [1.807, 2.05) is 19.2 Å². The van der Waals surface area contributed by atoms with Crippen LogP contribution in [-0.2, 0) is 6.54 Å². The smallest absolute Gasteiger partial charge is 0.115 e. The topological polar surface area (TPSA) is 50.7 Å². The molecule has 0 aliphatic rings. The van der Waals surface area contributed by atoms with Gasteiger partial charge in [-0.1, -0.05) is 6.07 Å². The molecule has 0 radical (unpaired) electrons. The molecule has 0 unspecified atom stereocenters. The van der Waals surface area contributed by atoms with Gasteiger partial charge in [0.1, 0.15) is 6.33 Å². The zero-order chi connectivity index (χ0) is 10.5. The number of hydrogen-bond donors (Lipinski definition) is 1. The van der Waals surface area contributed by atoms with Crippen LogP contribution in [0.5, 0.6) is 0 Å². The third kappa shape index (κ3) is 2.74. The molecule has 2 rings (SSSR count). The molecule has 2 aromatic rings. The van der Waals surface area contributed by atoms with Crippen molar-refractivity contribution in [3.8, 4) is 0 Å². The van der Waals surface area contributed by atoms with Crippen LogP contribution in [0.2, 0.25) is 0 Å². The van der Waals surface area contributed by atoms with Crippen LogP contribution < -0.4 is 5.32 Å². The maximum absolute atomic E-state index is 4.22. The molecule has 0 amide bonds. The summed E-state index contributed by atoms with van der Waals surface area (Å²) in [6.45, 7) is 2.71. The highest BCUT2D eigenvalue weighted by Gasteiger charge is 1.94. The van der Waals surface area contributed by atoms with Gasteiger partial charge in [-0.3, -0.25) is 4.98 Å². The fraction of sp³-hybridized carbons (Fsp3) is 0.182. The molecular formula is C11H12N4. The molecule has 0 fully saturated rings. The van der Waals surface area contributed by atoms with E-state index in [2.05, 4.69) is 26.3 Å². The Hall–Kier alpha value is -1.97. The Morgan fingerprint density at radius 2 is 1.93 bits per heavy atom. The van der Waals surface area contributed by atoms with Gasteiger partial charge in [-0.05, 0) is 18.6 Å². The summed E-state index contributed by atoms with van der Waals surface area (Å²) in [5.74, 6) is 0. The van der Waals surface area contributed by atoms with Crippen LogP contribution in [0, 0.1) is 6.92 Å². The van der Waals surface area contributed by atoms with Gasteiger partial charge in [-0.25, -0.2) is 9.97 Å². The lowest BCUT2D eigenvalue weighted by Gasteiger charge is -2.04. The first-order chi connectivity index (χ1) is 7.34. The second-order valence-electron chi connectivity index (χ2n) is 3.29. The number of anilines is 1. The van der Waals surface area contributed by atoms with E-state index in [9.17, 15) is 0 Å². The molecule has 0 bridgehead atoms. The summed E-state index contributed by atoms with van der Waals surface area (Å²) in [5, 5.41) is 3.22. The summed E-state index contributed by atoms with van der Waals surface area (Å²) in [6, 6.07) is 4.05. The van der Waals surface area contributed by atoms with Crippen molar-refractivity contribution in [3.63, 3.8) is 0 Å². The van der Waals surface area contributed by atoms with Gasteiger partial charge in [-0.15, -0.1) is 0 Å². The number of aryl methyl sites for hydroxylation is 1. The molecule has 0 aromatic carbocycles. The number of aromatic nitrogens is 3. The molecule has 0 saturated carbocycles. The van der Waals surface area contributed by atoms with Crippen LogP contribution >= 0.6 is 0 Å². The van der Waals surface area contributed by atoms with Gasteiger partial charge in [0.25, 0.3) is 0 Å². The van der Waals surface area contributed by atoms with E-state index in [-0.39, 0.29) is 0 Å². The van der Waals surface area contributed by atoms with Crippen LogP contribution in [0.1, 0.15) is 11.3 Å². The third-order valence-electron chi connectivity index (χ3n) is 2.03. The van der Waals surface area contributed by atoms with Gasteiger partial charge in [0.15, 0.2) is 0 Å². The highest BCUT2D eigenvalue weighted by molar-refractivity contribution is 5.37. The lowest BCUT2D eigenvalue weighted by Crippen LogP contribution is -2.00. The Morgan fingerprint density at radius 1 is 1.13 bits per heavy atom. The van der Waals surface area contributed by atoms with Crippen LogP contribution in [-0.4, -0.2) is 15.0 Å². The maximum Gasteiger partial charge on any atom is 0.115 e. The summed E-state index contributed by atoms with van der Waals surface area (Å²) >= 11 is 0. The van der Waals surface area contributed by atoms with Crippen LogP contribution in [0.3, 0.4) is 0 Å². The summed E-state index contributed by atoms with van der Waals surface area (Å²) in [4.78, 5) is 12.1. The highest BCUT2D eigenvalue weighted by Crippen LogP contribution is 2.05. The predicted octanol–water partition coefficient (Wildman–Crippen LogP) is 1.79. The van der Waals surface area contributed by atoms with E-state index in [1.54, 1.807) is 12.4 Å². The van der Waals surface area contributed by atoms with Gasteiger partial charge in [0.05, 0.1) is 18.1 Å². The van der Waals surface area contributed by atoms with Crippen molar-refractivity contribution < 1.29 is 0 Å². The number of hydrogen-bond acceptors (Lipinski definition) is 4. The van der Waals surface area contributed by atoms with Crippen molar-refractivity contribution >= 4 is 5.69 Å². The molecule has 0 atom stereocenters. The van der Waals surface area contributed by atoms with Gasteiger partial charge in [0, 0.05) is 18.4 Å². The number of rotatable bonds is 3. The lowest BCUT2D eigenvalue weighted by molar-refractivity contribution is 1.07. The molecule has 2 heterocycles. The molecule has 0 spiro atoms. The van der Waals surface area contributed by atoms with Crippen molar-refractivity contribution in [2.45, 2.75) is 13.5 Å². The average Bonchev–Trinajstić information content (AvgIpc) is 2.30. The van der Waals surface area contributed by atoms with E-state index in [1.165, 1.54) is 6.33 Å². The molecule has 0 aliphatic carbocycles. The fourth-order valence-electron chi connectivity index (χ4n) is 1.20. The zero-order valence-corrected chi connectivity index (χ0v) is 8.51. The first-order valence-corrected chi connectivity index (χ1v) is 4.75. The van der Waals surface area contributed by atoms with Crippen molar-refractivity contribution in [2.24, 2.45) is 0 Å². The van der Waals surface area contributed by atoms with Crippen molar-refractivity contribution in [1.82, 2.24) is 15.0 Å². The van der Waals surface area contributed by atoms with E-state index in [0.29, 0.717) is 0 Å².